The molecule has 0 N–H and O–H groups in total. The van der Waals surface area contributed by atoms with Crippen LogP contribution in [0.5, 0.6) is 0 Å². The van der Waals surface area contributed by atoms with E-state index >= 15 is 0 Å². The first kappa shape index (κ1) is 19.7. The minimum atomic E-state index is -0.0472. The second-order valence-electron chi connectivity index (χ2n) is 11.6. The van der Waals surface area contributed by atoms with Crippen molar-refractivity contribution in [3.8, 4) is 0 Å². The number of fused-ring (bicyclic) bond motifs is 5. The summed E-state index contributed by atoms with van der Waals surface area (Å²) in [4.78, 5) is 12.3. The number of ether oxygens (including phenoxy) is 1. The van der Waals surface area contributed by atoms with Crippen molar-refractivity contribution >= 4 is 5.78 Å². The molecule has 152 valence electrons. The van der Waals surface area contributed by atoms with Gasteiger partial charge in [0.2, 0.25) is 0 Å². The highest BCUT2D eigenvalue weighted by atomic mass is 16.5. The molecule has 4 rings (SSSR count). The van der Waals surface area contributed by atoms with E-state index in [1.807, 2.05) is 6.92 Å². The zero-order chi connectivity index (χ0) is 19.6. The average Bonchev–Trinajstić information content (AvgIpc) is 2.91. The van der Waals surface area contributed by atoms with Gasteiger partial charge in [-0.05, 0) is 108 Å². The summed E-state index contributed by atoms with van der Waals surface area (Å²) in [6, 6.07) is 0. The molecule has 0 spiro atoms. The lowest BCUT2D eigenvalue weighted by molar-refractivity contribution is -0.128. The van der Waals surface area contributed by atoms with Crippen LogP contribution in [0.3, 0.4) is 0 Å². The number of rotatable bonds is 2. The van der Waals surface area contributed by atoms with Crippen molar-refractivity contribution in [1.82, 2.24) is 0 Å². The van der Waals surface area contributed by atoms with Gasteiger partial charge >= 0.3 is 0 Å². The Morgan fingerprint density at radius 2 is 1.81 bits per heavy atom. The number of hydrogen-bond acceptors (Lipinski definition) is 2. The topological polar surface area (TPSA) is 26.3 Å². The minimum absolute atomic E-state index is 0.0472. The molecule has 3 fully saturated rings. The zero-order valence-electron chi connectivity index (χ0n) is 18.4. The van der Waals surface area contributed by atoms with E-state index in [-0.39, 0.29) is 11.0 Å². The number of carbonyl (C=O) groups is 1. The highest BCUT2D eigenvalue weighted by molar-refractivity contribution is 5.79. The molecule has 0 amide bonds. The molecule has 0 aromatic rings. The number of Topliss-reactive ketones (excluding diaryl/α,β-unsaturated/α-hetero) is 1. The van der Waals surface area contributed by atoms with E-state index in [0.29, 0.717) is 23.2 Å². The van der Waals surface area contributed by atoms with E-state index in [1.54, 1.807) is 5.57 Å². The predicted molar refractivity (Wildman–Crippen MR) is 111 cm³/mol. The minimum Gasteiger partial charge on any atom is -0.372 e. The maximum atomic E-state index is 12.3. The van der Waals surface area contributed by atoms with Gasteiger partial charge in [-0.1, -0.05) is 25.5 Å². The van der Waals surface area contributed by atoms with E-state index in [2.05, 4.69) is 40.7 Å². The Bertz CT molecular complexity index is 641. The van der Waals surface area contributed by atoms with Gasteiger partial charge in [-0.15, -0.1) is 0 Å². The van der Waals surface area contributed by atoms with Crippen LogP contribution >= 0.6 is 0 Å². The lowest BCUT2D eigenvalue weighted by Crippen LogP contribution is -2.51. The first-order chi connectivity index (χ1) is 12.5. The van der Waals surface area contributed by atoms with Crippen LogP contribution in [0, 0.1) is 34.5 Å². The number of ketones is 1. The third kappa shape index (κ3) is 3.15. The molecule has 7 unspecified atom stereocenters. The van der Waals surface area contributed by atoms with Crippen LogP contribution in [0.25, 0.3) is 0 Å². The second-order valence-corrected chi connectivity index (χ2v) is 11.6. The van der Waals surface area contributed by atoms with E-state index in [1.165, 1.54) is 38.5 Å². The van der Waals surface area contributed by atoms with E-state index < -0.39 is 0 Å². The molecule has 0 saturated heterocycles. The lowest BCUT2D eigenvalue weighted by atomic mass is 9.47. The van der Waals surface area contributed by atoms with Gasteiger partial charge in [-0.25, -0.2) is 0 Å². The number of carbonyl (C=O) groups excluding carboxylic acids is 1. The summed E-state index contributed by atoms with van der Waals surface area (Å²) in [6.45, 7) is 13.4. The standard InChI is InChI=1S/C25H40O2/c1-16(26)20-9-10-21-19-8-7-17-15-18(27-23(2,3)4)11-13-24(17,5)22(19)12-14-25(20,21)6/h7,18-22H,8-15H2,1-6H3. The average molecular weight is 373 g/mol. The molecular weight excluding hydrogens is 332 g/mol. The van der Waals surface area contributed by atoms with Crippen molar-refractivity contribution in [2.45, 2.75) is 105 Å². The van der Waals surface area contributed by atoms with Crippen molar-refractivity contribution in [3.05, 3.63) is 11.6 Å². The molecule has 0 bridgehead atoms. The van der Waals surface area contributed by atoms with Crippen LogP contribution in [-0.2, 0) is 9.53 Å². The van der Waals surface area contributed by atoms with Gasteiger partial charge in [0, 0.05) is 5.92 Å². The summed E-state index contributed by atoms with van der Waals surface area (Å²) in [5.74, 6) is 3.12. The fourth-order valence-electron chi connectivity index (χ4n) is 7.90. The van der Waals surface area contributed by atoms with Crippen molar-refractivity contribution in [1.29, 1.82) is 0 Å². The summed E-state index contributed by atoms with van der Waals surface area (Å²) < 4.78 is 6.36. The van der Waals surface area contributed by atoms with Crippen LogP contribution in [0.15, 0.2) is 11.6 Å². The fourth-order valence-corrected chi connectivity index (χ4v) is 7.90. The molecule has 0 heterocycles. The summed E-state index contributed by atoms with van der Waals surface area (Å²) >= 11 is 0. The smallest absolute Gasteiger partial charge is 0.133 e. The molecule has 2 heteroatoms. The molecule has 7 atom stereocenters. The van der Waals surface area contributed by atoms with Gasteiger partial charge in [-0.2, -0.15) is 0 Å². The van der Waals surface area contributed by atoms with E-state index in [0.717, 1.165) is 30.6 Å². The molecule has 3 saturated carbocycles. The monoisotopic (exact) mass is 372 g/mol. The summed E-state index contributed by atoms with van der Waals surface area (Å²) in [7, 11) is 0. The van der Waals surface area contributed by atoms with Crippen molar-refractivity contribution in [3.63, 3.8) is 0 Å². The molecule has 2 nitrogen and oxygen atoms in total. The van der Waals surface area contributed by atoms with Gasteiger partial charge in [0.05, 0.1) is 11.7 Å². The van der Waals surface area contributed by atoms with Crippen LogP contribution < -0.4 is 0 Å². The molecule has 0 aromatic carbocycles. The lowest BCUT2D eigenvalue weighted by Gasteiger charge is -2.58. The highest BCUT2D eigenvalue weighted by Gasteiger charge is 2.59. The first-order valence-electron chi connectivity index (χ1n) is 11.4. The molecular formula is C25H40O2. The first-order valence-corrected chi connectivity index (χ1v) is 11.4. The van der Waals surface area contributed by atoms with Crippen LogP contribution in [-0.4, -0.2) is 17.5 Å². The Kier molecular flexibility index (Phi) is 4.69. The highest BCUT2D eigenvalue weighted by Crippen LogP contribution is 2.66. The molecule has 4 aliphatic rings. The quantitative estimate of drug-likeness (QED) is 0.529. The molecule has 27 heavy (non-hydrogen) atoms. The summed E-state index contributed by atoms with van der Waals surface area (Å²) in [6.07, 6.45) is 12.8. The van der Waals surface area contributed by atoms with Crippen molar-refractivity contribution in [2.24, 2.45) is 34.5 Å². The SMILES string of the molecule is CC(=O)C1CCC2C3CC=C4CC(OC(C)(C)C)CCC4(C)C3CCC12C. The van der Waals surface area contributed by atoms with Gasteiger partial charge in [-0.3, -0.25) is 4.79 Å². The van der Waals surface area contributed by atoms with Crippen LogP contribution in [0.2, 0.25) is 0 Å². The summed E-state index contributed by atoms with van der Waals surface area (Å²) in [5.41, 5.74) is 2.28. The third-order valence-corrected chi connectivity index (χ3v) is 9.07. The van der Waals surface area contributed by atoms with E-state index in [9.17, 15) is 4.79 Å². The van der Waals surface area contributed by atoms with Crippen LogP contribution in [0.1, 0.15) is 92.9 Å². The number of hydrogen-bond donors (Lipinski definition) is 0. The van der Waals surface area contributed by atoms with Gasteiger partial charge in [0.15, 0.2) is 0 Å². The van der Waals surface area contributed by atoms with E-state index in [4.69, 9.17) is 4.74 Å². The Morgan fingerprint density at radius 1 is 1.07 bits per heavy atom. The third-order valence-electron chi connectivity index (χ3n) is 9.07. The second kappa shape index (κ2) is 6.44. The molecule has 0 radical (unpaired) electrons. The molecule has 4 aliphatic carbocycles. The van der Waals surface area contributed by atoms with Gasteiger partial charge < -0.3 is 4.74 Å². The Morgan fingerprint density at radius 3 is 2.48 bits per heavy atom. The van der Waals surface area contributed by atoms with Crippen LogP contribution in [0.4, 0.5) is 0 Å². The largest absolute Gasteiger partial charge is 0.372 e. The maximum Gasteiger partial charge on any atom is 0.133 e. The van der Waals surface area contributed by atoms with Crippen molar-refractivity contribution < 1.29 is 9.53 Å². The molecule has 0 aromatic heterocycles. The van der Waals surface area contributed by atoms with Gasteiger partial charge in [0.1, 0.15) is 5.78 Å². The Labute approximate surface area is 166 Å². The maximum absolute atomic E-state index is 12.3. The predicted octanol–water partition coefficient (Wildman–Crippen LogP) is 6.34. The van der Waals surface area contributed by atoms with Crippen molar-refractivity contribution in [2.75, 3.05) is 0 Å². The fraction of sp³-hybridized carbons (Fsp3) is 0.880. The number of allylic oxidation sites excluding steroid dienone is 1. The zero-order valence-corrected chi connectivity index (χ0v) is 18.4. The summed E-state index contributed by atoms with van der Waals surface area (Å²) in [5, 5.41) is 0. The van der Waals surface area contributed by atoms with Gasteiger partial charge in [0.25, 0.3) is 0 Å². The normalized spacial score (nSPS) is 46.9. The Hall–Kier alpha value is -0.630. The molecule has 0 aliphatic heterocycles. The Balaban J connectivity index is 1.57.